The van der Waals surface area contributed by atoms with Gasteiger partial charge in [0.15, 0.2) is 0 Å². The monoisotopic (exact) mass is 236 g/mol. The Morgan fingerprint density at radius 3 is 1.24 bits per heavy atom. The highest BCUT2D eigenvalue weighted by atomic mass is 13.9. The van der Waals surface area contributed by atoms with Gasteiger partial charge in [-0.05, 0) is 44.9 Å². The number of hydrogen-bond acceptors (Lipinski definition) is 0. The van der Waals surface area contributed by atoms with Gasteiger partial charge in [-0.15, -0.1) is 0 Å². The molecule has 0 aliphatic carbocycles. The molecule has 0 N–H and O–H groups in total. The summed E-state index contributed by atoms with van der Waals surface area (Å²) in [4.78, 5) is 0. The summed E-state index contributed by atoms with van der Waals surface area (Å²) in [6.07, 6.45) is 24.0. The summed E-state index contributed by atoms with van der Waals surface area (Å²) < 4.78 is 0. The van der Waals surface area contributed by atoms with E-state index in [9.17, 15) is 0 Å². The lowest BCUT2D eigenvalue weighted by Gasteiger charge is -1.94. The number of hydrogen-bond donors (Lipinski definition) is 0. The maximum atomic E-state index is 2.37. The van der Waals surface area contributed by atoms with Crippen LogP contribution < -0.4 is 0 Å². The van der Waals surface area contributed by atoms with E-state index in [1.54, 1.807) is 0 Å². The Kier molecular flexibility index (Phi) is 15.0. The Labute approximate surface area is 109 Å². The second-order valence-electron chi connectivity index (χ2n) is 4.87. The molecule has 0 spiro atoms. The SMILES string of the molecule is CCCC/C=C/CCCC/C=C/CCCCC. The van der Waals surface area contributed by atoms with E-state index in [-0.39, 0.29) is 0 Å². The van der Waals surface area contributed by atoms with E-state index in [0.717, 1.165) is 0 Å². The molecule has 0 rings (SSSR count). The molecular formula is C17H32. The molecule has 0 saturated carbocycles. The fourth-order valence-electron chi connectivity index (χ4n) is 1.83. The van der Waals surface area contributed by atoms with Crippen LogP contribution in [0.3, 0.4) is 0 Å². The molecule has 0 heteroatoms. The summed E-state index contributed by atoms with van der Waals surface area (Å²) in [5.41, 5.74) is 0. The average Bonchev–Trinajstić information content (AvgIpc) is 2.35. The molecule has 0 atom stereocenters. The molecule has 0 amide bonds. The Morgan fingerprint density at radius 2 is 0.824 bits per heavy atom. The van der Waals surface area contributed by atoms with Gasteiger partial charge in [-0.25, -0.2) is 0 Å². The minimum Gasteiger partial charge on any atom is -0.0885 e. The maximum absolute atomic E-state index is 2.37. The lowest BCUT2D eigenvalue weighted by Crippen LogP contribution is -1.74. The third-order valence-corrected chi connectivity index (χ3v) is 3.02. The third-order valence-electron chi connectivity index (χ3n) is 3.02. The Balaban J connectivity index is 3.09. The van der Waals surface area contributed by atoms with Gasteiger partial charge >= 0.3 is 0 Å². The first-order valence-corrected chi connectivity index (χ1v) is 7.71. The predicted molar refractivity (Wildman–Crippen MR) is 80.4 cm³/mol. The smallest absolute Gasteiger partial charge is 0.0351 e. The molecule has 0 unspecified atom stereocenters. The van der Waals surface area contributed by atoms with Crippen molar-refractivity contribution in [3.8, 4) is 0 Å². The first-order chi connectivity index (χ1) is 8.41. The highest BCUT2D eigenvalue weighted by Gasteiger charge is 1.85. The van der Waals surface area contributed by atoms with Gasteiger partial charge in [0.2, 0.25) is 0 Å². The first-order valence-electron chi connectivity index (χ1n) is 7.71. The van der Waals surface area contributed by atoms with Gasteiger partial charge in [0.1, 0.15) is 0 Å². The molecule has 0 aliphatic rings. The molecule has 0 saturated heterocycles. The van der Waals surface area contributed by atoms with Gasteiger partial charge in [0.05, 0.1) is 0 Å². The van der Waals surface area contributed by atoms with Gasteiger partial charge in [-0.1, -0.05) is 63.8 Å². The van der Waals surface area contributed by atoms with Crippen LogP contribution in [0.1, 0.15) is 84.5 Å². The largest absolute Gasteiger partial charge is 0.0885 e. The zero-order valence-corrected chi connectivity index (χ0v) is 12.1. The maximum Gasteiger partial charge on any atom is -0.0351 e. The minimum atomic E-state index is 1.27. The highest BCUT2D eigenvalue weighted by molar-refractivity contribution is 4.83. The van der Waals surface area contributed by atoms with E-state index in [4.69, 9.17) is 0 Å². The summed E-state index contributed by atoms with van der Waals surface area (Å²) in [6.45, 7) is 4.51. The van der Waals surface area contributed by atoms with Crippen molar-refractivity contribution in [3.05, 3.63) is 24.3 Å². The minimum absolute atomic E-state index is 1.27. The average molecular weight is 236 g/mol. The lowest BCUT2D eigenvalue weighted by atomic mass is 10.1. The van der Waals surface area contributed by atoms with Crippen molar-refractivity contribution in [2.45, 2.75) is 84.5 Å². The van der Waals surface area contributed by atoms with Crippen molar-refractivity contribution in [2.75, 3.05) is 0 Å². The van der Waals surface area contributed by atoms with E-state index in [2.05, 4.69) is 38.2 Å². The molecule has 0 aromatic heterocycles. The van der Waals surface area contributed by atoms with Crippen molar-refractivity contribution in [1.82, 2.24) is 0 Å². The summed E-state index contributed by atoms with van der Waals surface area (Å²) in [5.74, 6) is 0. The van der Waals surface area contributed by atoms with Crippen molar-refractivity contribution < 1.29 is 0 Å². The zero-order chi connectivity index (χ0) is 12.6. The number of rotatable bonds is 12. The lowest BCUT2D eigenvalue weighted by molar-refractivity contribution is 0.723. The van der Waals surface area contributed by atoms with Crippen LogP contribution in [0.4, 0.5) is 0 Å². The summed E-state index contributed by atoms with van der Waals surface area (Å²) >= 11 is 0. The van der Waals surface area contributed by atoms with Gasteiger partial charge in [-0.3, -0.25) is 0 Å². The topological polar surface area (TPSA) is 0 Å². The summed E-state index contributed by atoms with van der Waals surface area (Å²) in [5, 5.41) is 0. The van der Waals surface area contributed by atoms with Gasteiger partial charge in [0.25, 0.3) is 0 Å². The van der Waals surface area contributed by atoms with Crippen molar-refractivity contribution in [3.63, 3.8) is 0 Å². The molecule has 0 bridgehead atoms. The molecule has 100 valence electrons. The standard InChI is InChI=1S/C17H32/c1-3-5-7-9-11-13-15-17-16-14-12-10-8-6-4-2/h9,11-12,14H,3-8,10,13,15-17H2,1-2H3/b11-9+,14-12+. The van der Waals surface area contributed by atoms with Gasteiger partial charge in [0, 0.05) is 0 Å². The van der Waals surface area contributed by atoms with Crippen LogP contribution >= 0.6 is 0 Å². The van der Waals surface area contributed by atoms with Gasteiger partial charge in [-0.2, -0.15) is 0 Å². The van der Waals surface area contributed by atoms with E-state index < -0.39 is 0 Å². The molecule has 0 radical (unpaired) electrons. The second kappa shape index (κ2) is 15.5. The van der Waals surface area contributed by atoms with Gasteiger partial charge < -0.3 is 0 Å². The van der Waals surface area contributed by atoms with Crippen LogP contribution in [-0.2, 0) is 0 Å². The van der Waals surface area contributed by atoms with Crippen LogP contribution in [0.5, 0.6) is 0 Å². The van der Waals surface area contributed by atoms with Crippen LogP contribution in [0.25, 0.3) is 0 Å². The fourth-order valence-corrected chi connectivity index (χ4v) is 1.83. The Morgan fingerprint density at radius 1 is 0.471 bits per heavy atom. The molecule has 0 aromatic carbocycles. The zero-order valence-electron chi connectivity index (χ0n) is 12.1. The van der Waals surface area contributed by atoms with Crippen molar-refractivity contribution >= 4 is 0 Å². The summed E-state index contributed by atoms with van der Waals surface area (Å²) in [6, 6.07) is 0. The molecule has 0 fully saturated rings. The fraction of sp³-hybridized carbons (Fsp3) is 0.765. The van der Waals surface area contributed by atoms with Crippen LogP contribution in [0, 0.1) is 0 Å². The second-order valence-corrected chi connectivity index (χ2v) is 4.87. The van der Waals surface area contributed by atoms with Crippen molar-refractivity contribution in [2.24, 2.45) is 0 Å². The molecule has 17 heavy (non-hydrogen) atoms. The van der Waals surface area contributed by atoms with E-state index >= 15 is 0 Å². The predicted octanol–water partition coefficient (Wildman–Crippen LogP) is 6.43. The Bertz CT molecular complexity index is 176. The van der Waals surface area contributed by atoms with Crippen molar-refractivity contribution in [1.29, 1.82) is 0 Å². The van der Waals surface area contributed by atoms with E-state index in [0.29, 0.717) is 0 Å². The van der Waals surface area contributed by atoms with Crippen LogP contribution in [0.2, 0.25) is 0 Å². The van der Waals surface area contributed by atoms with Crippen LogP contribution in [0.15, 0.2) is 24.3 Å². The Hall–Kier alpha value is -0.520. The van der Waals surface area contributed by atoms with E-state index in [1.807, 2.05) is 0 Å². The van der Waals surface area contributed by atoms with E-state index in [1.165, 1.54) is 70.6 Å². The quantitative estimate of drug-likeness (QED) is 0.270. The first kappa shape index (κ1) is 16.5. The highest BCUT2D eigenvalue weighted by Crippen LogP contribution is 2.05. The number of allylic oxidation sites excluding steroid dienone is 4. The molecule has 0 nitrogen and oxygen atoms in total. The number of unbranched alkanes of at least 4 members (excludes halogenated alkanes) is 8. The summed E-state index contributed by atoms with van der Waals surface area (Å²) in [7, 11) is 0. The van der Waals surface area contributed by atoms with Crippen LogP contribution in [-0.4, -0.2) is 0 Å². The molecule has 0 heterocycles. The molecule has 0 aromatic rings. The molecular weight excluding hydrogens is 204 g/mol. The molecule has 0 aliphatic heterocycles. The normalized spacial score (nSPS) is 11.9. The third kappa shape index (κ3) is 15.5.